The Labute approximate surface area is 158 Å². The van der Waals surface area contributed by atoms with Crippen LogP contribution >= 0.6 is 11.8 Å². The zero-order valence-corrected chi connectivity index (χ0v) is 16.0. The molecule has 0 atom stereocenters. The Hall–Kier alpha value is -2.73. The summed E-state index contributed by atoms with van der Waals surface area (Å²) in [4.78, 5) is 16.6. The molecule has 0 bridgehead atoms. The molecule has 3 aromatic rings. The Morgan fingerprint density at radius 3 is 2.65 bits per heavy atom. The molecule has 1 amide bonds. The van der Waals surface area contributed by atoms with Crippen LogP contribution in [0.5, 0.6) is 0 Å². The van der Waals surface area contributed by atoms with E-state index in [1.807, 2.05) is 48.1 Å². The van der Waals surface area contributed by atoms with Gasteiger partial charge in [-0.3, -0.25) is 19.8 Å². The highest BCUT2D eigenvalue weighted by Gasteiger charge is 2.11. The van der Waals surface area contributed by atoms with E-state index in [1.165, 1.54) is 22.9 Å². The lowest BCUT2D eigenvalue weighted by molar-refractivity contribution is -0.118. The fourth-order valence-electron chi connectivity index (χ4n) is 2.53. The molecule has 1 N–H and O–H groups in total. The van der Waals surface area contributed by atoms with Gasteiger partial charge in [0.05, 0.1) is 11.4 Å². The molecule has 3 rings (SSSR count). The van der Waals surface area contributed by atoms with Gasteiger partial charge < -0.3 is 0 Å². The van der Waals surface area contributed by atoms with Gasteiger partial charge in [-0.15, -0.1) is 0 Å². The molecule has 134 valence electrons. The molecule has 1 heterocycles. The summed E-state index contributed by atoms with van der Waals surface area (Å²) in [6, 6.07) is 16.0. The van der Waals surface area contributed by atoms with Crippen LogP contribution in [0.25, 0.3) is 5.69 Å². The number of thioether (sulfide) groups is 1. The normalized spacial score (nSPS) is 10.6. The summed E-state index contributed by atoms with van der Waals surface area (Å²) in [5.41, 5.74) is 7.34. The van der Waals surface area contributed by atoms with Crippen molar-refractivity contribution in [2.75, 3.05) is 17.8 Å². The second-order valence-electron chi connectivity index (χ2n) is 6.07. The van der Waals surface area contributed by atoms with Crippen molar-refractivity contribution in [3.05, 3.63) is 72.1 Å². The van der Waals surface area contributed by atoms with Crippen LogP contribution in [-0.2, 0) is 4.79 Å². The van der Waals surface area contributed by atoms with Crippen molar-refractivity contribution < 1.29 is 4.79 Å². The smallest absolute Gasteiger partial charge is 0.248 e. The maximum absolute atomic E-state index is 12.3. The van der Waals surface area contributed by atoms with Gasteiger partial charge in [-0.1, -0.05) is 36.0 Å². The summed E-state index contributed by atoms with van der Waals surface area (Å²) in [6.07, 6.45) is 3.67. The van der Waals surface area contributed by atoms with Crippen molar-refractivity contribution in [2.24, 2.45) is 0 Å². The predicted molar refractivity (Wildman–Crippen MR) is 107 cm³/mol. The fraction of sp³-hybridized carbons (Fsp3) is 0.200. The Balaban J connectivity index is 1.63. The highest BCUT2D eigenvalue weighted by atomic mass is 32.2. The number of nitrogens with zero attached hydrogens (tertiary/aromatic N) is 3. The SMILES string of the molecule is Cc1ccc(-n2ccnc2SCC(=O)NN(C)c2ccccc2)cc1C. The van der Waals surface area contributed by atoms with Crippen molar-refractivity contribution in [1.82, 2.24) is 15.0 Å². The van der Waals surface area contributed by atoms with Crippen molar-refractivity contribution in [2.45, 2.75) is 19.0 Å². The van der Waals surface area contributed by atoms with Crippen LogP contribution in [-0.4, -0.2) is 28.3 Å². The Bertz CT molecular complexity index is 892. The molecule has 0 aliphatic heterocycles. The molecule has 2 aromatic carbocycles. The number of imidazole rings is 1. The van der Waals surface area contributed by atoms with Crippen molar-refractivity contribution >= 4 is 23.4 Å². The average Bonchev–Trinajstić information content (AvgIpc) is 3.11. The quantitative estimate of drug-likeness (QED) is 0.533. The van der Waals surface area contributed by atoms with E-state index >= 15 is 0 Å². The number of para-hydroxylation sites is 1. The van der Waals surface area contributed by atoms with Gasteiger partial charge in [-0.2, -0.15) is 0 Å². The van der Waals surface area contributed by atoms with Crippen LogP contribution in [0.2, 0.25) is 0 Å². The summed E-state index contributed by atoms with van der Waals surface area (Å²) in [6.45, 7) is 4.19. The molecule has 0 spiro atoms. The summed E-state index contributed by atoms with van der Waals surface area (Å²) in [5, 5.41) is 2.52. The average molecular weight is 366 g/mol. The van der Waals surface area contributed by atoms with Gasteiger partial charge in [0.1, 0.15) is 0 Å². The van der Waals surface area contributed by atoms with Gasteiger partial charge in [0.2, 0.25) is 5.91 Å². The van der Waals surface area contributed by atoms with Crippen LogP contribution in [0.4, 0.5) is 5.69 Å². The zero-order chi connectivity index (χ0) is 18.5. The van der Waals surface area contributed by atoms with Gasteiger partial charge in [0, 0.05) is 25.1 Å². The van der Waals surface area contributed by atoms with Crippen molar-refractivity contribution in [3.8, 4) is 5.69 Å². The number of anilines is 1. The first-order valence-corrected chi connectivity index (χ1v) is 9.35. The third kappa shape index (κ3) is 4.26. The second kappa shape index (κ2) is 8.10. The maximum Gasteiger partial charge on any atom is 0.248 e. The second-order valence-corrected chi connectivity index (χ2v) is 7.01. The summed E-state index contributed by atoms with van der Waals surface area (Å²) < 4.78 is 2.01. The van der Waals surface area contributed by atoms with Crippen molar-refractivity contribution in [1.29, 1.82) is 0 Å². The minimum Gasteiger partial charge on any atom is -0.295 e. The number of rotatable bonds is 6. The van der Waals surface area contributed by atoms with Gasteiger partial charge >= 0.3 is 0 Å². The third-order valence-electron chi connectivity index (χ3n) is 4.14. The van der Waals surface area contributed by atoms with E-state index < -0.39 is 0 Å². The van der Waals surface area contributed by atoms with E-state index in [-0.39, 0.29) is 5.91 Å². The number of hydrogen-bond acceptors (Lipinski definition) is 4. The van der Waals surface area contributed by atoms with Gasteiger partial charge in [-0.05, 0) is 49.2 Å². The lowest BCUT2D eigenvalue weighted by atomic mass is 10.1. The lowest BCUT2D eigenvalue weighted by Crippen LogP contribution is -2.40. The summed E-state index contributed by atoms with van der Waals surface area (Å²) >= 11 is 1.42. The number of aryl methyl sites for hydroxylation is 2. The third-order valence-corrected chi connectivity index (χ3v) is 5.11. The number of hydrazine groups is 1. The molecule has 5 nitrogen and oxygen atoms in total. The first-order valence-electron chi connectivity index (χ1n) is 8.36. The van der Waals surface area contributed by atoms with E-state index in [0.717, 1.165) is 16.5 Å². The first-order chi connectivity index (χ1) is 12.5. The van der Waals surface area contributed by atoms with Crippen molar-refractivity contribution in [3.63, 3.8) is 0 Å². The maximum atomic E-state index is 12.3. The minimum atomic E-state index is -0.0732. The van der Waals surface area contributed by atoms with Gasteiger partial charge in [0.25, 0.3) is 0 Å². The molecule has 26 heavy (non-hydrogen) atoms. The van der Waals surface area contributed by atoms with Gasteiger partial charge in [-0.25, -0.2) is 4.98 Å². The lowest BCUT2D eigenvalue weighted by Gasteiger charge is -2.20. The molecule has 0 saturated heterocycles. The molecule has 0 radical (unpaired) electrons. The molecule has 0 unspecified atom stereocenters. The number of nitrogens with one attached hydrogen (secondary N) is 1. The highest BCUT2D eigenvalue weighted by Crippen LogP contribution is 2.22. The first kappa shape index (κ1) is 18.1. The Kier molecular flexibility index (Phi) is 5.63. The highest BCUT2D eigenvalue weighted by molar-refractivity contribution is 7.99. The fourth-order valence-corrected chi connectivity index (χ4v) is 3.30. The van der Waals surface area contributed by atoms with Crippen LogP contribution in [0.15, 0.2) is 66.1 Å². The van der Waals surface area contributed by atoms with E-state index in [4.69, 9.17) is 0 Å². The standard InChI is InChI=1S/C20H22N4OS/c1-15-9-10-18(13-16(15)2)24-12-11-21-20(24)26-14-19(25)22-23(3)17-7-5-4-6-8-17/h4-13H,14H2,1-3H3,(H,22,25). The van der Waals surface area contributed by atoms with Gasteiger partial charge in [0.15, 0.2) is 5.16 Å². The summed E-state index contributed by atoms with van der Waals surface area (Å²) in [7, 11) is 1.83. The number of benzene rings is 2. The predicted octanol–water partition coefficient (Wildman–Crippen LogP) is 3.75. The molecule has 0 saturated carbocycles. The molecule has 6 heteroatoms. The van der Waals surface area contributed by atoms with Crippen LogP contribution in [0, 0.1) is 13.8 Å². The topological polar surface area (TPSA) is 50.2 Å². The number of carbonyl (C=O) groups is 1. The molecule has 0 aliphatic carbocycles. The number of amides is 1. The Morgan fingerprint density at radius 2 is 1.92 bits per heavy atom. The monoisotopic (exact) mass is 366 g/mol. The summed E-state index contributed by atoms with van der Waals surface area (Å²) in [5.74, 6) is 0.218. The Morgan fingerprint density at radius 1 is 1.15 bits per heavy atom. The molecule has 0 fully saturated rings. The van der Waals surface area contributed by atoms with Crippen LogP contribution in [0.1, 0.15) is 11.1 Å². The largest absolute Gasteiger partial charge is 0.295 e. The minimum absolute atomic E-state index is 0.0732. The number of hydrogen-bond donors (Lipinski definition) is 1. The van der Waals surface area contributed by atoms with E-state index in [1.54, 1.807) is 11.2 Å². The molecular formula is C20H22N4OS. The molecular weight excluding hydrogens is 344 g/mol. The molecule has 0 aliphatic rings. The van der Waals surface area contributed by atoms with E-state index in [2.05, 4.69) is 42.5 Å². The number of carbonyl (C=O) groups excluding carboxylic acids is 1. The number of aromatic nitrogens is 2. The van der Waals surface area contributed by atoms with Crippen LogP contribution in [0.3, 0.4) is 0 Å². The van der Waals surface area contributed by atoms with E-state index in [9.17, 15) is 4.79 Å². The van der Waals surface area contributed by atoms with E-state index in [0.29, 0.717) is 5.75 Å². The molecule has 1 aromatic heterocycles. The zero-order valence-electron chi connectivity index (χ0n) is 15.1. The van der Waals surface area contributed by atoms with Crippen LogP contribution < -0.4 is 10.4 Å².